The van der Waals surface area contributed by atoms with E-state index in [0.717, 1.165) is 53.7 Å². The minimum atomic E-state index is -0.136. The molecule has 8 nitrogen and oxygen atoms in total. The molecule has 0 radical (unpaired) electrons. The van der Waals surface area contributed by atoms with Gasteiger partial charge in [-0.2, -0.15) is 0 Å². The SMILES string of the molecule is Cc1ncc(Cl)cc1C(=O)NC1CCC(Cn2c(=O)n(-c3ccc(-c4c[nH]cn4)cc3)c3ccccc32)CC1. The Bertz CT molecular complexity index is 1680. The normalized spacial score (nSPS) is 17.4. The highest BCUT2D eigenvalue weighted by Crippen LogP contribution is 2.28. The molecular formula is C30H29ClN6O2. The summed E-state index contributed by atoms with van der Waals surface area (Å²) in [5, 5.41) is 3.60. The van der Waals surface area contributed by atoms with E-state index >= 15 is 0 Å². The van der Waals surface area contributed by atoms with E-state index in [1.54, 1.807) is 23.2 Å². The maximum Gasteiger partial charge on any atom is 0.333 e. The number of hydrogen-bond donors (Lipinski definition) is 2. The van der Waals surface area contributed by atoms with Crippen molar-refractivity contribution in [2.75, 3.05) is 0 Å². The van der Waals surface area contributed by atoms with Gasteiger partial charge in [-0.15, -0.1) is 0 Å². The van der Waals surface area contributed by atoms with Crippen LogP contribution in [0.3, 0.4) is 0 Å². The number of nitrogens with one attached hydrogen (secondary N) is 2. The predicted octanol–water partition coefficient (Wildman–Crippen LogP) is 5.53. The lowest BCUT2D eigenvalue weighted by Crippen LogP contribution is -2.39. The number of benzene rings is 2. The van der Waals surface area contributed by atoms with Crippen molar-refractivity contribution in [3.8, 4) is 16.9 Å². The number of rotatable bonds is 6. The summed E-state index contributed by atoms with van der Waals surface area (Å²) < 4.78 is 3.69. The molecule has 2 aromatic carbocycles. The Kier molecular flexibility index (Phi) is 6.79. The van der Waals surface area contributed by atoms with Crippen LogP contribution < -0.4 is 11.0 Å². The molecule has 198 valence electrons. The van der Waals surface area contributed by atoms with Crippen LogP contribution in [0.2, 0.25) is 5.02 Å². The average molecular weight is 541 g/mol. The third-order valence-corrected chi connectivity index (χ3v) is 7.88. The molecule has 2 N–H and O–H groups in total. The van der Waals surface area contributed by atoms with Crippen LogP contribution in [0.1, 0.15) is 41.7 Å². The van der Waals surface area contributed by atoms with Gasteiger partial charge in [-0.25, -0.2) is 9.78 Å². The number of fused-ring (bicyclic) bond motifs is 1. The summed E-state index contributed by atoms with van der Waals surface area (Å²) in [6.07, 6.45) is 8.65. The molecule has 0 aliphatic heterocycles. The van der Waals surface area contributed by atoms with E-state index in [2.05, 4.69) is 20.3 Å². The van der Waals surface area contributed by atoms with Crippen LogP contribution in [-0.4, -0.2) is 36.0 Å². The molecule has 1 fully saturated rings. The van der Waals surface area contributed by atoms with Gasteiger partial charge < -0.3 is 10.3 Å². The van der Waals surface area contributed by atoms with Crippen molar-refractivity contribution in [1.82, 2.24) is 29.4 Å². The number of aromatic amines is 1. The van der Waals surface area contributed by atoms with Gasteiger partial charge in [-0.3, -0.25) is 18.9 Å². The van der Waals surface area contributed by atoms with Crippen molar-refractivity contribution in [2.45, 2.75) is 45.2 Å². The van der Waals surface area contributed by atoms with Crippen LogP contribution in [0.5, 0.6) is 0 Å². The molecular weight excluding hydrogens is 512 g/mol. The number of halogens is 1. The zero-order valence-electron chi connectivity index (χ0n) is 21.6. The lowest BCUT2D eigenvalue weighted by Gasteiger charge is -2.29. The molecule has 0 atom stereocenters. The number of aromatic nitrogens is 5. The second-order valence-corrected chi connectivity index (χ2v) is 10.6. The Morgan fingerprint density at radius 1 is 1.05 bits per heavy atom. The van der Waals surface area contributed by atoms with Crippen LogP contribution in [0.4, 0.5) is 0 Å². The number of H-pyrrole nitrogens is 1. The van der Waals surface area contributed by atoms with Crippen LogP contribution in [0.15, 0.2) is 78.1 Å². The molecule has 5 aromatic rings. The van der Waals surface area contributed by atoms with E-state index in [1.165, 1.54) is 0 Å². The van der Waals surface area contributed by atoms with E-state index in [1.807, 2.05) is 66.2 Å². The minimum absolute atomic E-state index is 0.0388. The maximum atomic E-state index is 13.7. The largest absolute Gasteiger partial charge is 0.351 e. The zero-order valence-corrected chi connectivity index (χ0v) is 22.4. The van der Waals surface area contributed by atoms with Gasteiger partial charge in [0.25, 0.3) is 5.91 Å². The van der Waals surface area contributed by atoms with Crippen molar-refractivity contribution >= 4 is 28.5 Å². The van der Waals surface area contributed by atoms with Gasteiger partial charge in [0.1, 0.15) is 0 Å². The minimum Gasteiger partial charge on any atom is -0.351 e. The van der Waals surface area contributed by atoms with Crippen LogP contribution in [0.25, 0.3) is 28.0 Å². The number of nitrogens with zero attached hydrogens (tertiary/aromatic N) is 4. The topological polar surface area (TPSA) is 97.6 Å². The van der Waals surface area contributed by atoms with Gasteiger partial charge in [-0.1, -0.05) is 35.9 Å². The summed E-state index contributed by atoms with van der Waals surface area (Å²) in [6.45, 7) is 2.46. The fourth-order valence-electron chi connectivity index (χ4n) is 5.58. The molecule has 1 aliphatic rings. The lowest BCUT2D eigenvalue weighted by molar-refractivity contribution is 0.0919. The molecule has 0 spiro atoms. The first kappa shape index (κ1) is 25.1. The number of carbonyl (C=O) groups excluding carboxylic acids is 1. The molecule has 0 unspecified atom stereocenters. The van der Waals surface area contributed by atoms with Gasteiger partial charge in [0.05, 0.1) is 45.0 Å². The fraction of sp³-hybridized carbons (Fsp3) is 0.267. The zero-order chi connectivity index (χ0) is 26.9. The lowest BCUT2D eigenvalue weighted by atomic mass is 9.85. The highest BCUT2D eigenvalue weighted by atomic mass is 35.5. The molecule has 9 heteroatoms. The van der Waals surface area contributed by atoms with Crippen molar-refractivity contribution in [3.05, 3.63) is 100 Å². The highest BCUT2D eigenvalue weighted by Gasteiger charge is 2.25. The van der Waals surface area contributed by atoms with Crippen LogP contribution >= 0.6 is 11.6 Å². The summed E-state index contributed by atoms with van der Waals surface area (Å²) in [5.74, 6) is 0.218. The Balaban J connectivity index is 1.18. The van der Waals surface area contributed by atoms with Gasteiger partial charge in [0.2, 0.25) is 0 Å². The van der Waals surface area contributed by atoms with E-state index in [4.69, 9.17) is 11.6 Å². The fourth-order valence-corrected chi connectivity index (χ4v) is 5.74. The van der Waals surface area contributed by atoms with Crippen LogP contribution in [-0.2, 0) is 6.54 Å². The van der Waals surface area contributed by atoms with Gasteiger partial charge >= 0.3 is 5.69 Å². The molecule has 3 aromatic heterocycles. The van der Waals surface area contributed by atoms with E-state index in [9.17, 15) is 9.59 Å². The third kappa shape index (κ3) is 5.00. The Morgan fingerprint density at radius 2 is 1.79 bits per heavy atom. The molecule has 1 aliphatic carbocycles. The second kappa shape index (κ2) is 10.5. The van der Waals surface area contributed by atoms with E-state index < -0.39 is 0 Å². The average Bonchev–Trinajstić information content (AvgIpc) is 3.58. The number of pyridine rings is 1. The second-order valence-electron chi connectivity index (χ2n) is 10.2. The Hall–Kier alpha value is -4.17. The highest BCUT2D eigenvalue weighted by molar-refractivity contribution is 6.30. The van der Waals surface area contributed by atoms with Gasteiger partial charge in [0, 0.05) is 30.5 Å². The van der Waals surface area contributed by atoms with Crippen molar-refractivity contribution in [1.29, 1.82) is 0 Å². The smallest absolute Gasteiger partial charge is 0.333 e. The summed E-state index contributed by atoms with van der Waals surface area (Å²) >= 11 is 6.05. The van der Waals surface area contributed by atoms with Crippen molar-refractivity contribution < 1.29 is 4.79 Å². The summed E-state index contributed by atoms with van der Waals surface area (Å²) in [6, 6.07) is 17.6. The number of imidazole rings is 2. The Morgan fingerprint density at radius 3 is 2.51 bits per heavy atom. The van der Waals surface area contributed by atoms with E-state index in [0.29, 0.717) is 28.7 Å². The summed E-state index contributed by atoms with van der Waals surface area (Å²) in [5.41, 5.74) is 5.64. The Labute approximate surface area is 230 Å². The van der Waals surface area contributed by atoms with E-state index in [-0.39, 0.29) is 17.6 Å². The van der Waals surface area contributed by atoms with Crippen LogP contribution in [0, 0.1) is 12.8 Å². The molecule has 39 heavy (non-hydrogen) atoms. The number of hydrogen-bond acceptors (Lipinski definition) is 4. The number of para-hydroxylation sites is 2. The maximum absolute atomic E-state index is 13.7. The predicted molar refractivity (Wildman–Crippen MR) is 152 cm³/mol. The summed E-state index contributed by atoms with van der Waals surface area (Å²) in [7, 11) is 0. The third-order valence-electron chi connectivity index (χ3n) is 7.68. The monoisotopic (exact) mass is 540 g/mol. The standard InChI is InChI=1S/C30H29ClN6O2/c1-19-25(14-22(31)15-33-19)29(38)35-23-10-6-20(7-11-23)17-36-27-4-2-3-5-28(27)37(30(36)39)24-12-8-21(9-13-24)26-16-32-18-34-26/h2-5,8-9,12-16,18,20,23H,6-7,10-11,17H2,1H3,(H,32,34)(H,35,38). The number of carbonyl (C=O) groups is 1. The van der Waals surface area contributed by atoms with Gasteiger partial charge in [-0.05, 0) is 68.9 Å². The number of amides is 1. The molecule has 0 saturated heterocycles. The molecule has 1 saturated carbocycles. The quantitative estimate of drug-likeness (QED) is 0.296. The summed E-state index contributed by atoms with van der Waals surface area (Å²) in [4.78, 5) is 38.0. The first-order chi connectivity index (χ1) is 19.0. The molecule has 1 amide bonds. The first-order valence-electron chi connectivity index (χ1n) is 13.2. The van der Waals surface area contributed by atoms with Crippen molar-refractivity contribution in [2.24, 2.45) is 5.92 Å². The van der Waals surface area contributed by atoms with Crippen molar-refractivity contribution in [3.63, 3.8) is 0 Å². The first-order valence-corrected chi connectivity index (χ1v) is 13.6. The molecule has 3 heterocycles. The number of aryl methyl sites for hydroxylation is 1. The van der Waals surface area contributed by atoms with Gasteiger partial charge in [0.15, 0.2) is 0 Å². The molecule has 6 rings (SSSR count). The molecule has 0 bridgehead atoms.